The minimum Gasteiger partial charge on any atom is -0.381 e. The molecule has 0 unspecified atom stereocenters. The third kappa shape index (κ3) is 3.92. The number of piperidine rings is 1. The number of nitrogen functional groups attached to an aromatic ring is 1. The minimum atomic E-state index is -4.57. The zero-order valence-corrected chi connectivity index (χ0v) is 16.9. The van der Waals surface area contributed by atoms with Gasteiger partial charge in [0, 0.05) is 30.2 Å². The maximum absolute atomic E-state index is 13.9. The lowest BCUT2D eigenvalue weighted by Gasteiger charge is -2.42. The predicted octanol–water partition coefficient (Wildman–Crippen LogP) is 3.67. The lowest BCUT2D eigenvalue weighted by atomic mass is 9.74. The van der Waals surface area contributed by atoms with Gasteiger partial charge in [-0.2, -0.15) is 13.2 Å². The van der Waals surface area contributed by atoms with Crippen molar-refractivity contribution in [1.82, 2.24) is 15.0 Å². The summed E-state index contributed by atoms with van der Waals surface area (Å²) in [6, 6.07) is 2.31. The van der Waals surface area contributed by atoms with Crippen molar-refractivity contribution in [2.24, 2.45) is 11.1 Å². The van der Waals surface area contributed by atoms with Gasteiger partial charge in [-0.15, -0.1) is 0 Å². The average molecular weight is 442 g/mol. The van der Waals surface area contributed by atoms with Crippen molar-refractivity contribution in [3.63, 3.8) is 0 Å². The number of rotatable bonds is 3. The van der Waals surface area contributed by atoms with Gasteiger partial charge in [0.25, 0.3) is 0 Å². The first-order valence-corrected chi connectivity index (χ1v) is 10.5. The molecule has 2 aliphatic rings. The summed E-state index contributed by atoms with van der Waals surface area (Å²) in [7, 11) is 0. The molecule has 3 heterocycles. The van der Waals surface area contributed by atoms with Crippen LogP contribution in [0.5, 0.6) is 0 Å². The Morgan fingerprint density at radius 3 is 2.50 bits per heavy atom. The number of hydrogen-bond acceptors (Lipinski definition) is 7. The van der Waals surface area contributed by atoms with Crippen molar-refractivity contribution in [2.75, 3.05) is 23.7 Å². The number of pyridine rings is 1. The van der Waals surface area contributed by atoms with Crippen molar-refractivity contribution >= 4 is 23.4 Å². The van der Waals surface area contributed by atoms with Gasteiger partial charge in [0.2, 0.25) is 0 Å². The molecule has 0 aromatic carbocycles. The number of anilines is 2. The summed E-state index contributed by atoms with van der Waals surface area (Å²) >= 11 is 0.781. The van der Waals surface area contributed by atoms with E-state index < -0.39 is 24.1 Å². The van der Waals surface area contributed by atoms with Gasteiger partial charge in [0.15, 0.2) is 11.5 Å². The summed E-state index contributed by atoms with van der Waals surface area (Å²) in [6.45, 7) is 1.31. The highest BCUT2D eigenvalue weighted by Gasteiger charge is 2.48. The van der Waals surface area contributed by atoms with Crippen molar-refractivity contribution in [3.8, 4) is 0 Å². The zero-order chi connectivity index (χ0) is 21.5. The fourth-order valence-electron chi connectivity index (χ4n) is 4.32. The highest BCUT2D eigenvalue weighted by Crippen LogP contribution is 2.47. The van der Waals surface area contributed by atoms with E-state index in [0.717, 1.165) is 37.2 Å². The van der Waals surface area contributed by atoms with E-state index in [2.05, 4.69) is 15.0 Å². The molecule has 30 heavy (non-hydrogen) atoms. The molecule has 2 atom stereocenters. The quantitative estimate of drug-likeness (QED) is 0.701. The Bertz CT molecular complexity index is 916. The van der Waals surface area contributed by atoms with Crippen molar-refractivity contribution < 1.29 is 17.6 Å². The molecule has 1 spiro atoms. The van der Waals surface area contributed by atoms with E-state index >= 15 is 0 Å². The van der Waals surface area contributed by atoms with E-state index in [1.165, 1.54) is 18.3 Å². The molecule has 2 aromatic rings. The van der Waals surface area contributed by atoms with E-state index in [1.54, 1.807) is 0 Å². The number of aromatic nitrogens is 3. The Hall–Kier alpha value is -2.14. The Morgan fingerprint density at radius 1 is 1.17 bits per heavy atom. The maximum atomic E-state index is 13.9. The monoisotopic (exact) mass is 442 g/mol. The van der Waals surface area contributed by atoms with Crippen LogP contribution >= 0.6 is 11.8 Å². The molecule has 0 bridgehead atoms. The van der Waals surface area contributed by atoms with Crippen molar-refractivity contribution in [3.05, 3.63) is 30.2 Å². The first kappa shape index (κ1) is 21.1. The van der Waals surface area contributed by atoms with Gasteiger partial charge < -0.3 is 16.4 Å². The van der Waals surface area contributed by atoms with E-state index in [-0.39, 0.29) is 21.2 Å². The molecule has 1 saturated heterocycles. The molecule has 2 aromatic heterocycles. The van der Waals surface area contributed by atoms with Crippen LogP contribution in [0.15, 0.2) is 34.4 Å². The molecule has 4 N–H and O–H groups in total. The highest BCUT2D eigenvalue weighted by molar-refractivity contribution is 7.99. The van der Waals surface area contributed by atoms with Gasteiger partial charge in [-0.25, -0.2) is 14.4 Å². The summed E-state index contributed by atoms with van der Waals surface area (Å²) in [6.07, 6.45) is -0.100. The van der Waals surface area contributed by atoms with Crippen LogP contribution in [0.25, 0.3) is 0 Å². The molecule has 4 rings (SSSR count). The number of nitrogens with zero attached hydrogens (tertiary/aromatic N) is 4. The Kier molecular flexibility index (Phi) is 5.52. The third-order valence-corrected chi connectivity index (χ3v) is 7.15. The second kappa shape index (κ2) is 7.84. The number of nitrogens with two attached hydrogens (primary N) is 2. The first-order chi connectivity index (χ1) is 14.2. The van der Waals surface area contributed by atoms with E-state index in [9.17, 15) is 17.6 Å². The van der Waals surface area contributed by atoms with Gasteiger partial charge in [-0.1, -0.05) is 11.8 Å². The molecule has 1 aliphatic carbocycles. The molecule has 162 valence electrons. The lowest BCUT2D eigenvalue weighted by molar-refractivity contribution is -0.143. The van der Waals surface area contributed by atoms with Crippen molar-refractivity contribution in [2.45, 2.75) is 54.0 Å². The molecule has 11 heteroatoms. The largest absolute Gasteiger partial charge is 0.434 e. The van der Waals surface area contributed by atoms with Gasteiger partial charge in [-0.05, 0) is 43.2 Å². The predicted molar refractivity (Wildman–Crippen MR) is 106 cm³/mol. The fourth-order valence-corrected chi connectivity index (χ4v) is 5.20. The van der Waals surface area contributed by atoms with Crippen LogP contribution in [0.4, 0.5) is 29.2 Å². The van der Waals surface area contributed by atoms with Gasteiger partial charge >= 0.3 is 6.18 Å². The zero-order valence-electron chi connectivity index (χ0n) is 16.1. The van der Waals surface area contributed by atoms with Crippen LogP contribution in [-0.2, 0) is 6.18 Å². The van der Waals surface area contributed by atoms with E-state index in [4.69, 9.17) is 11.5 Å². The molecule has 0 radical (unpaired) electrons. The lowest BCUT2D eigenvalue weighted by Crippen LogP contribution is -2.49. The van der Waals surface area contributed by atoms with Crippen LogP contribution in [0.3, 0.4) is 0 Å². The molecular formula is C19H22F4N6S. The topological polar surface area (TPSA) is 94.0 Å². The third-order valence-electron chi connectivity index (χ3n) is 6.10. The summed E-state index contributed by atoms with van der Waals surface area (Å²) < 4.78 is 53.4. The SMILES string of the molecule is Nc1nc(N2CCC3(CC[C@H](F)[C@H]3N)CC2)cnc1Sc1cccnc1C(F)(F)F. The summed E-state index contributed by atoms with van der Waals surface area (Å²) in [5.74, 6) is 0.605. The molecule has 1 saturated carbocycles. The van der Waals surface area contributed by atoms with Gasteiger partial charge in [-0.3, -0.25) is 4.98 Å². The first-order valence-electron chi connectivity index (χ1n) is 9.67. The molecular weight excluding hydrogens is 420 g/mol. The van der Waals surface area contributed by atoms with Crippen molar-refractivity contribution in [1.29, 1.82) is 0 Å². The summed E-state index contributed by atoms with van der Waals surface area (Å²) in [5, 5.41) is 0.184. The van der Waals surface area contributed by atoms with Crippen LogP contribution in [0.1, 0.15) is 31.4 Å². The number of halogens is 4. The Morgan fingerprint density at radius 2 is 1.90 bits per heavy atom. The van der Waals surface area contributed by atoms with Crippen LogP contribution in [0, 0.1) is 5.41 Å². The van der Waals surface area contributed by atoms with Gasteiger partial charge in [0.1, 0.15) is 17.0 Å². The highest BCUT2D eigenvalue weighted by atomic mass is 32.2. The van der Waals surface area contributed by atoms with E-state index in [1.807, 2.05) is 4.90 Å². The summed E-state index contributed by atoms with van der Waals surface area (Å²) in [4.78, 5) is 13.9. The molecule has 0 amide bonds. The van der Waals surface area contributed by atoms with E-state index in [0.29, 0.717) is 25.3 Å². The second-order valence-corrected chi connectivity index (χ2v) is 8.83. The average Bonchev–Trinajstić information content (AvgIpc) is 2.98. The molecule has 6 nitrogen and oxygen atoms in total. The smallest absolute Gasteiger partial charge is 0.381 e. The Balaban J connectivity index is 1.48. The molecule has 2 fully saturated rings. The van der Waals surface area contributed by atoms with Crippen LogP contribution < -0.4 is 16.4 Å². The number of hydrogen-bond donors (Lipinski definition) is 2. The Labute approximate surface area is 175 Å². The van der Waals surface area contributed by atoms with Crippen LogP contribution in [-0.4, -0.2) is 40.3 Å². The van der Waals surface area contributed by atoms with Gasteiger partial charge in [0.05, 0.1) is 6.20 Å². The number of alkyl halides is 4. The fraction of sp³-hybridized carbons (Fsp3) is 0.526. The van der Waals surface area contributed by atoms with Crippen LogP contribution in [0.2, 0.25) is 0 Å². The minimum absolute atomic E-state index is 0.0520. The standard InChI is InChI=1S/C19H22F4N6S/c20-11-3-4-18(14(11)24)5-8-29(9-6-18)13-10-27-17(16(25)28-13)30-12-2-1-7-26-15(12)19(21,22)23/h1-2,7,10-11,14H,3-6,8-9,24H2,(H2,25,28)/t11-,14+/m0/s1. The second-order valence-electron chi connectivity index (χ2n) is 7.80. The maximum Gasteiger partial charge on any atom is 0.434 e. The normalized spacial score (nSPS) is 23.8. The molecule has 1 aliphatic heterocycles. The summed E-state index contributed by atoms with van der Waals surface area (Å²) in [5.41, 5.74) is 10.9.